The maximum absolute atomic E-state index is 12.2. The number of hydrogen-bond donors (Lipinski definition) is 2. The van der Waals surface area contributed by atoms with Gasteiger partial charge < -0.3 is 20.5 Å². The number of carbonyl (C=O) groups is 1. The number of ether oxygens (including phenoxy) is 2. The lowest BCUT2D eigenvalue weighted by Gasteiger charge is -2.07. The van der Waals surface area contributed by atoms with Gasteiger partial charge in [-0.25, -0.2) is 0 Å². The Balaban J connectivity index is 1.85. The summed E-state index contributed by atoms with van der Waals surface area (Å²) in [5, 5.41) is 2.79. The molecule has 0 bridgehead atoms. The van der Waals surface area contributed by atoms with Crippen LogP contribution in [0, 0.1) is 0 Å². The first kappa shape index (κ1) is 11.4. The fourth-order valence-electron chi connectivity index (χ4n) is 1.87. The van der Waals surface area contributed by atoms with E-state index in [0.29, 0.717) is 28.4 Å². The predicted molar refractivity (Wildman–Crippen MR) is 71.4 cm³/mol. The predicted octanol–water partition coefficient (Wildman–Crippen LogP) is 2.25. The van der Waals surface area contributed by atoms with Crippen LogP contribution in [0.25, 0.3) is 0 Å². The third kappa shape index (κ3) is 2.18. The fourth-order valence-corrected chi connectivity index (χ4v) is 1.87. The summed E-state index contributed by atoms with van der Waals surface area (Å²) in [6.07, 6.45) is 0. The number of fused-ring (bicyclic) bond motifs is 1. The Kier molecular flexibility index (Phi) is 2.72. The monoisotopic (exact) mass is 256 g/mol. The maximum Gasteiger partial charge on any atom is 0.259 e. The number of benzene rings is 2. The molecule has 19 heavy (non-hydrogen) atoms. The molecule has 0 atom stereocenters. The minimum atomic E-state index is -0.243. The van der Waals surface area contributed by atoms with Gasteiger partial charge in [-0.3, -0.25) is 4.79 Å². The largest absolute Gasteiger partial charge is 0.454 e. The summed E-state index contributed by atoms with van der Waals surface area (Å²) < 4.78 is 10.5. The van der Waals surface area contributed by atoms with Gasteiger partial charge in [-0.1, -0.05) is 6.07 Å². The summed E-state index contributed by atoms with van der Waals surface area (Å²) in [5.74, 6) is 0.826. The molecule has 0 unspecified atom stereocenters. The lowest BCUT2D eigenvalue weighted by molar-refractivity contribution is 0.102. The number of anilines is 2. The van der Waals surface area contributed by atoms with E-state index in [-0.39, 0.29) is 12.7 Å². The third-order valence-corrected chi connectivity index (χ3v) is 2.81. The van der Waals surface area contributed by atoms with Gasteiger partial charge in [0.25, 0.3) is 5.91 Å². The van der Waals surface area contributed by atoms with Gasteiger partial charge in [0.2, 0.25) is 6.79 Å². The van der Waals surface area contributed by atoms with Gasteiger partial charge in [-0.05, 0) is 36.4 Å². The average Bonchev–Trinajstić information content (AvgIpc) is 2.89. The molecule has 5 heteroatoms. The van der Waals surface area contributed by atoms with E-state index < -0.39 is 0 Å². The molecule has 0 spiro atoms. The molecule has 5 nitrogen and oxygen atoms in total. The summed E-state index contributed by atoms with van der Waals surface area (Å²) in [6, 6.07) is 12.2. The number of carbonyl (C=O) groups excluding carboxylic acids is 1. The van der Waals surface area contributed by atoms with E-state index in [1.807, 2.05) is 0 Å². The van der Waals surface area contributed by atoms with Crippen LogP contribution in [0.2, 0.25) is 0 Å². The molecule has 1 aliphatic rings. The number of hydrogen-bond acceptors (Lipinski definition) is 4. The molecule has 3 rings (SSSR count). The zero-order valence-electron chi connectivity index (χ0n) is 10.1. The standard InChI is InChI=1S/C14H12N2O3/c15-9-4-6-10(7-5-9)16-14(17)11-2-1-3-12-13(11)19-8-18-12/h1-7H,8,15H2,(H,16,17). The molecule has 0 radical (unpaired) electrons. The van der Waals surface area contributed by atoms with Crippen LogP contribution in [0.3, 0.4) is 0 Å². The Morgan fingerprint density at radius 3 is 2.68 bits per heavy atom. The Morgan fingerprint density at radius 1 is 1.11 bits per heavy atom. The molecule has 1 amide bonds. The first-order valence-corrected chi connectivity index (χ1v) is 5.79. The van der Waals surface area contributed by atoms with Gasteiger partial charge in [0.15, 0.2) is 11.5 Å². The van der Waals surface area contributed by atoms with Crippen molar-refractivity contribution in [1.29, 1.82) is 0 Å². The van der Waals surface area contributed by atoms with Gasteiger partial charge in [0, 0.05) is 11.4 Å². The van der Waals surface area contributed by atoms with Crippen molar-refractivity contribution in [2.24, 2.45) is 0 Å². The van der Waals surface area contributed by atoms with Crippen molar-refractivity contribution in [3.05, 3.63) is 48.0 Å². The zero-order valence-corrected chi connectivity index (χ0v) is 10.1. The van der Waals surface area contributed by atoms with Crippen molar-refractivity contribution < 1.29 is 14.3 Å². The Morgan fingerprint density at radius 2 is 1.89 bits per heavy atom. The Bertz CT molecular complexity index is 623. The average molecular weight is 256 g/mol. The summed E-state index contributed by atoms with van der Waals surface area (Å²) in [4.78, 5) is 12.2. The van der Waals surface area contributed by atoms with Gasteiger partial charge in [0.1, 0.15) is 0 Å². The van der Waals surface area contributed by atoms with Crippen LogP contribution >= 0.6 is 0 Å². The first-order chi connectivity index (χ1) is 9.24. The molecule has 96 valence electrons. The normalized spacial score (nSPS) is 12.2. The Labute approximate surface area is 109 Å². The second kappa shape index (κ2) is 4.53. The SMILES string of the molecule is Nc1ccc(NC(=O)c2cccc3c2OCO3)cc1. The third-order valence-electron chi connectivity index (χ3n) is 2.81. The van der Waals surface area contributed by atoms with Crippen molar-refractivity contribution in [2.45, 2.75) is 0 Å². The van der Waals surface area contributed by atoms with Gasteiger partial charge in [-0.15, -0.1) is 0 Å². The number of nitrogens with two attached hydrogens (primary N) is 1. The summed E-state index contributed by atoms with van der Waals surface area (Å²) in [6.45, 7) is 0.140. The highest BCUT2D eigenvalue weighted by molar-refractivity contribution is 6.06. The van der Waals surface area contributed by atoms with Crippen LogP contribution in [0.5, 0.6) is 11.5 Å². The molecule has 1 heterocycles. The van der Waals surface area contributed by atoms with Crippen molar-refractivity contribution >= 4 is 17.3 Å². The summed E-state index contributed by atoms with van der Waals surface area (Å²) in [5.41, 5.74) is 7.37. The number of amides is 1. The molecule has 3 N–H and O–H groups in total. The molecular weight excluding hydrogens is 244 g/mol. The van der Waals surface area contributed by atoms with Crippen LogP contribution in [-0.4, -0.2) is 12.7 Å². The van der Waals surface area contributed by atoms with E-state index >= 15 is 0 Å². The Hall–Kier alpha value is -2.69. The second-order valence-electron chi connectivity index (χ2n) is 4.12. The zero-order chi connectivity index (χ0) is 13.2. The minimum absolute atomic E-state index is 0.140. The molecule has 1 aliphatic heterocycles. The van der Waals surface area contributed by atoms with Crippen LogP contribution in [0.15, 0.2) is 42.5 Å². The van der Waals surface area contributed by atoms with E-state index in [1.165, 1.54) is 0 Å². The minimum Gasteiger partial charge on any atom is -0.454 e. The topological polar surface area (TPSA) is 73.6 Å². The fraction of sp³-hybridized carbons (Fsp3) is 0.0714. The number of para-hydroxylation sites is 1. The molecule has 0 saturated carbocycles. The molecule has 2 aromatic rings. The second-order valence-corrected chi connectivity index (χ2v) is 4.12. The van der Waals surface area contributed by atoms with Gasteiger partial charge in [0.05, 0.1) is 5.56 Å². The van der Waals surface area contributed by atoms with E-state index in [4.69, 9.17) is 15.2 Å². The molecule has 0 aliphatic carbocycles. The number of rotatable bonds is 2. The molecular formula is C14H12N2O3. The molecule has 2 aromatic carbocycles. The lowest BCUT2D eigenvalue weighted by atomic mass is 10.1. The van der Waals surface area contributed by atoms with E-state index in [0.717, 1.165) is 0 Å². The van der Waals surface area contributed by atoms with E-state index in [9.17, 15) is 4.79 Å². The lowest BCUT2D eigenvalue weighted by Crippen LogP contribution is -2.12. The number of nitrogens with one attached hydrogen (secondary N) is 1. The first-order valence-electron chi connectivity index (χ1n) is 5.79. The van der Waals surface area contributed by atoms with Crippen molar-refractivity contribution in [1.82, 2.24) is 0 Å². The molecule has 0 aromatic heterocycles. The number of nitrogen functional groups attached to an aromatic ring is 1. The highest BCUT2D eigenvalue weighted by Gasteiger charge is 2.21. The van der Waals surface area contributed by atoms with Crippen molar-refractivity contribution in [3.8, 4) is 11.5 Å². The van der Waals surface area contributed by atoms with E-state index in [2.05, 4.69) is 5.32 Å². The molecule has 0 fully saturated rings. The van der Waals surface area contributed by atoms with Crippen molar-refractivity contribution in [3.63, 3.8) is 0 Å². The van der Waals surface area contributed by atoms with Crippen molar-refractivity contribution in [2.75, 3.05) is 17.8 Å². The van der Waals surface area contributed by atoms with Crippen LogP contribution in [-0.2, 0) is 0 Å². The van der Waals surface area contributed by atoms with Crippen LogP contribution in [0.4, 0.5) is 11.4 Å². The van der Waals surface area contributed by atoms with Crippen LogP contribution in [0.1, 0.15) is 10.4 Å². The van der Waals surface area contributed by atoms with Gasteiger partial charge >= 0.3 is 0 Å². The highest BCUT2D eigenvalue weighted by Crippen LogP contribution is 2.35. The summed E-state index contributed by atoms with van der Waals surface area (Å²) in [7, 11) is 0. The smallest absolute Gasteiger partial charge is 0.259 e. The maximum atomic E-state index is 12.2. The van der Waals surface area contributed by atoms with E-state index in [1.54, 1.807) is 42.5 Å². The van der Waals surface area contributed by atoms with Gasteiger partial charge in [-0.2, -0.15) is 0 Å². The van der Waals surface area contributed by atoms with Crippen LogP contribution < -0.4 is 20.5 Å². The summed E-state index contributed by atoms with van der Waals surface area (Å²) >= 11 is 0. The quantitative estimate of drug-likeness (QED) is 0.808. The molecule has 0 saturated heterocycles. The highest BCUT2D eigenvalue weighted by atomic mass is 16.7.